The van der Waals surface area contributed by atoms with Gasteiger partial charge in [0.2, 0.25) is 5.58 Å². The lowest BCUT2D eigenvalue weighted by Crippen LogP contribution is -2.33. The lowest BCUT2D eigenvalue weighted by atomic mass is 10.2. The van der Waals surface area contributed by atoms with Gasteiger partial charge in [0.25, 0.3) is 11.4 Å². The van der Waals surface area contributed by atoms with Gasteiger partial charge in [0.15, 0.2) is 0 Å². The van der Waals surface area contributed by atoms with E-state index in [1.807, 2.05) is 0 Å². The molecular weight excluding hydrogens is 287 g/mol. The second-order valence-corrected chi connectivity index (χ2v) is 4.77. The molecule has 1 heterocycles. The molecule has 1 amide bonds. The van der Waals surface area contributed by atoms with E-state index in [4.69, 9.17) is 4.42 Å². The number of carbonyl (C=O) groups is 1. The van der Waals surface area contributed by atoms with Crippen LogP contribution in [0.2, 0.25) is 0 Å². The van der Waals surface area contributed by atoms with Crippen molar-refractivity contribution in [2.24, 2.45) is 0 Å². The van der Waals surface area contributed by atoms with E-state index in [2.05, 4.69) is 5.32 Å². The Hall–Kier alpha value is -2.89. The Labute approximate surface area is 125 Å². The Morgan fingerprint density at radius 2 is 1.91 bits per heavy atom. The highest BCUT2D eigenvalue weighted by Gasteiger charge is 2.17. The van der Waals surface area contributed by atoms with E-state index < -0.39 is 5.82 Å². The summed E-state index contributed by atoms with van der Waals surface area (Å²) in [7, 11) is 0. The van der Waals surface area contributed by atoms with Crippen molar-refractivity contribution in [1.29, 1.82) is 0 Å². The summed E-state index contributed by atoms with van der Waals surface area (Å²) in [5.41, 5.74) is 1.33. The largest absolute Gasteiger partial charge is 0.616 e. The molecule has 0 aliphatic heterocycles. The number of oxazole rings is 1. The van der Waals surface area contributed by atoms with E-state index in [1.54, 1.807) is 24.3 Å². The quantitative estimate of drug-likeness (QED) is 0.593. The third kappa shape index (κ3) is 2.76. The van der Waals surface area contributed by atoms with Crippen LogP contribution in [0.5, 0.6) is 0 Å². The van der Waals surface area contributed by atoms with Crippen LogP contribution in [0.4, 0.5) is 4.39 Å². The van der Waals surface area contributed by atoms with E-state index in [0.29, 0.717) is 16.7 Å². The molecule has 2 aromatic carbocycles. The minimum absolute atomic E-state index is 0.237. The first-order valence-electron chi connectivity index (χ1n) is 6.79. The van der Waals surface area contributed by atoms with Crippen LogP contribution in [0, 0.1) is 11.0 Å². The van der Waals surface area contributed by atoms with Gasteiger partial charge in [0.05, 0.1) is 6.42 Å². The Kier molecular flexibility index (Phi) is 3.74. The Morgan fingerprint density at radius 3 is 2.64 bits per heavy atom. The number of rotatable bonds is 4. The third-order valence-electron chi connectivity index (χ3n) is 3.27. The van der Waals surface area contributed by atoms with Crippen molar-refractivity contribution in [2.75, 3.05) is 6.54 Å². The average Bonchev–Trinajstić information content (AvgIpc) is 2.85. The maximum atomic E-state index is 12.8. The fourth-order valence-corrected chi connectivity index (χ4v) is 2.15. The number of aromatic nitrogens is 1. The molecule has 112 valence electrons. The smallest absolute Gasteiger partial charge is 0.361 e. The van der Waals surface area contributed by atoms with Gasteiger partial charge in [0, 0.05) is 18.2 Å². The molecule has 3 aromatic rings. The van der Waals surface area contributed by atoms with Gasteiger partial charge >= 0.3 is 5.89 Å². The van der Waals surface area contributed by atoms with E-state index in [1.165, 1.54) is 24.3 Å². The first-order valence-corrected chi connectivity index (χ1v) is 6.79. The number of nitrogens with one attached hydrogen (secondary N) is 1. The van der Waals surface area contributed by atoms with Crippen LogP contribution in [-0.2, 0) is 6.42 Å². The van der Waals surface area contributed by atoms with Gasteiger partial charge in [-0.05, 0) is 30.3 Å². The van der Waals surface area contributed by atoms with Crippen molar-refractivity contribution in [3.8, 4) is 0 Å². The molecule has 3 rings (SSSR count). The fraction of sp³-hybridized carbons (Fsp3) is 0.125. The molecule has 0 fully saturated rings. The molecule has 0 spiro atoms. The van der Waals surface area contributed by atoms with Crippen LogP contribution >= 0.6 is 0 Å². The van der Waals surface area contributed by atoms with Crippen LogP contribution in [0.1, 0.15) is 16.2 Å². The maximum Gasteiger partial charge on any atom is 0.361 e. The number of halogens is 1. The van der Waals surface area contributed by atoms with E-state index in [-0.39, 0.29) is 24.8 Å². The lowest BCUT2D eigenvalue weighted by molar-refractivity contribution is -0.592. The highest BCUT2D eigenvalue weighted by molar-refractivity contribution is 5.94. The Balaban J connectivity index is 1.63. The molecule has 22 heavy (non-hydrogen) atoms. The number of carbonyl (C=O) groups excluding carboxylic acids is 1. The van der Waals surface area contributed by atoms with E-state index in [0.717, 1.165) is 4.73 Å². The van der Waals surface area contributed by atoms with E-state index in [9.17, 15) is 14.4 Å². The van der Waals surface area contributed by atoms with Crippen LogP contribution in [0.25, 0.3) is 11.1 Å². The minimum Gasteiger partial charge on any atom is -0.616 e. The highest BCUT2D eigenvalue weighted by atomic mass is 19.1. The van der Waals surface area contributed by atoms with Gasteiger partial charge in [-0.15, -0.1) is 4.73 Å². The number of hydrogen-bond acceptors (Lipinski definition) is 3. The van der Waals surface area contributed by atoms with Crippen LogP contribution in [0.3, 0.4) is 0 Å². The number of benzene rings is 2. The number of para-hydroxylation sites is 2. The highest BCUT2D eigenvalue weighted by Crippen LogP contribution is 2.12. The molecule has 0 saturated carbocycles. The molecule has 0 aliphatic rings. The molecule has 0 radical (unpaired) electrons. The van der Waals surface area contributed by atoms with Crippen molar-refractivity contribution < 1.29 is 18.3 Å². The van der Waals surface area contributed by atoms with Gasteiger partial charge in [-0.1, -0.05) is 12.1 Å². The number of nitrogens with zero attached hydrogens (tertiary/aromatic N) is 1. The fourth-order valence-electron chi connectivity index (χ4n) is 2.15. The number of amides is 1. The zero-order valence-electron chi connectivity index (χ0n) is 11.6. The molecule has 0 bridgehead atoms. The molecule has 0 saturated heterocycles. The molecule has 5 nitrogen and oxygen atoms in total. The normalized spacial score (nSPS) is 10.8. The van der Waals surface area contributed by atoms with Crippen molar-refractivity contribution >= 4 is 17.0 Å². The summed E-state index contributed by atoms with van der Waals surface area (Å²) in [6.45, 7) is 0.248. The molecule has 6 heteroatoms. The lowest BCUT2D eigenvalue weighted by Gasteiger charge is -2.03. The second kappa shape index (κ2) is 5.85. The van der Waals surface area contributed by atoms with Crippen molar-refractivity contribution in [3.63, 3.8) is 0 Å². The summed E-state index contributed by atoms with van der Waals surface area (Å²) in [5, 5.41) is 14.6. The second-order valence-electron chi connectivity index (χ2n) is 4.77. The number of fused-ring (bicyclic) bond motifs is 1. The molecule has 0 atom stereocenters. The summed E-state index contributed by atoms with van der Waals surface area (Å²) in [4.78, 5) is 11.9. The Bertz CT molecular complexity index is 812. The average molecular weight is 300 g/mol. The summed E-state index contributed by atoms with van der Waals surface area (Å²) in [6.07, 6.45) is 0.269. The first kappa shape index (κ1) is 14.1. The molecule has 0 unspecified atom stereocenters. The SMILES string of the molecule is O=C(NCCc1oc2ccccc2[n+]1[O-])c1ccc(F)cc1. The maximum absolute atomic E-state index is 12.8. The molecular formula is C16H13FN2O3. The summed E-state index contributed by atoms with van der Waals surface area (Å²) in [5.74, 6) is -0.486. The summed E-state index contributed by atoms with van der Waals surface area (Å²) >= 11 is 0. The Morgan fingerprint density at radius 1 is 1.18 bits per heavy atom. The topological polar surface area (TPSA) is 69.2 Å². The van der Waals surface area contributed by atoms with Gasteiger partial charge in [-0.3, -0.25) is 4.79 Å². The predicted molar refractivity (Wildman–Crippen MR) is 77.6 cm³/mol. The summed E-state index contributed by atoms with van der Waals surface area (Å²) in [6, 6.07) is 12.2. The zero-order chi connectivity index (χ0) is 15.5. The van der Waals surface area contributed by atoms with Crippen LogP contribution in [0.15, 0.2) is 52.9 Å². The van der Waals surface area contributed by atoms with Crippen molar-refractivity contribution in [2.45, 2.75) is 6.42 Å². The standard InChI is InChI=1S/C16H13FN2O3/c17-12-7-5-11(6-8-12)16(20)18-10-9-15-19(21)13-3-1-2-4-14(13)22-15/h1-8H,9-10H2,(H,18,20). The van der Waals surface area contributed by atoms with Crippen LogP contribution in [-0.4, -0.2) is 12.5 Å². The van der Waals surface area contributed by atoms with Gasteiger partial charge in [0.1, 0.15) is 5.82 Å². The molecule has 0 aliphatic carbocycles. The number of hydrogen-bond donors (Lipinski definition) is 1. The van der Waals surface area contributed by atoms with Gasteiger partial charge in [-0.25, -0.2) is 4.39 Å². The summed E-state index contributed by atoms with van der Waals surface area (Å²) < 4.78 is 19.0. The predicted octanol–water partition coefficient (Wildman–Crippen LogP) is 2.18. The van der Waals surface area contributed by atoms with Gasteiger partial charge < -0.3 is 14.9 Å². The monoisotopic (exact) mass is 300 g/mol. The third-order valence-corrected chi connectivity index (χ3v) is 3.27. The minimum atomic E-state index is -0.397. The van der Waals surface area contributed by atoms with Crippen LogP contribution < -0.4 is 10.0 Å². The van der Waals surface area contributed by atoms with E-state index >= 15 is 0 Å². The van der Waals surface area contributed by atoms with Crippen molar-refractivity contribution in [3.05, 3.63) is 71.0 Å². The van der Waals surface area contributed by atoms with Gasteiger partial charge in [-0.2, -0.15) is 0 Å². The zero-order valence-corrected chi connectivity index (χ0v) is 11.6. The first-order chi connectivity index (χ1) is 10.6. The molecule has 1 N–H and O–H groups in total. The molecule has 1 aromatic heterocycles. The van der Waals surface area contributed by atoms with Crippen molar-refractivity contribution in [1.82, 2.24) is 5.32 Å².